The number of ether oxygens (including phenoxy) is 1. The summed E-state index contributed by atoms with van der Waals surface area (Å²) in [6.45, 7) is 1.52. The van der Waals surface area contributed by atoms with E-state index in [1.165, 1.54) is 6.33 Å². The van der Waals surface area contributed by atoms with E-state index in [4.69, 9.17) is 4.74 Å². The Morgan fingerprint density at radius 1 is 1.47 bits per heavy atom. The molecule has 78 valence electrons. The van der Waals surface area contributed by atoms with Crippen LogP contribution in [0.5, 0.6) is 0 Å². The summed E-state index contributed by atoms with van der Waals surface area (Å²) in [5, 5.41) is 9.18. The first-order chi connectivity index (χ1) is 7.42. The lowest BCUT2D eigenvalue weighted by atomic mass is 9.85. The van der Waals surface area contributed by atoms with Crippen LogP contribution in [-0.2, 0) is 4.74 Å². The fraction of sp³-hybridized carbons (Fsp3) is 0.545. The largest absolute Gasteiger partial charge is 0.381 e. The number of nitrogens with zero attached hydrogens (tertiary/aromatic N) is 3. The number of aromatic nitrogens is 2. The van der Waals surface area contributed by atoms with E-state index in [-0.39, 0.29) is 5.92 Å². The van der Waals surface area contributed by atoms with Gasteiger partial charge in [-0.15, -0.1) is 0 Å². The Balaban J connectivity index is 2.14. The minimum absolute atomic E-state index is 0.114. The van der Waals surface area contributed by atoms with Crippen LogP contribution in [0.4, 0.5) is 0 Å². The van der Waals surface area contributed by atoms with Crippen LogP contribution in [0.1, 0.15) is 24.5 Å². The summed E-state index contributed by atoms with van der Waals surface area (Å²) in [6, 6.07) is 4.16. The third kappa shape index (κ3) is 2.31. The maximum Gasteiger partial charge on any atom is 0.115 e. The van der Waals surface area contributed by atoms with Crippen LogP contribution in [0.25, 0.3) is 0 Å². The molecule has 2 rings (SSSR count). The van der Waals surface area contributed by atoms with Crippen molar-refractivity contribution in [2.24, 2.45) is 5.92 Å². The summed E-state index contributed by atoms with van der Waals surface area (Å²) < 4.78 is 5.29. The Kier molecular flexibility index (Phi) is 3.25. The van der Waals surface area contributed by atoms with Gasteiger partial charge in [-0.3, -0.25) is 0 Å². The molecule has 1 unspecified atom stereocenters. The average Bonchev–Trinajstić information content (AvgIpc) is 2.33. The van der Waals surface area contributed by atoms with Crippen molar-refractivity contribution in [3.05, 3.63) is 24.3 Å². The smallest absolute Gasteiger partial charge is 0.115 e. The van der Waals surface area contributed by atoms with E-state index in [1.807, 2.05) is 6.07 Å². The first kappa shape index (κ1) is 10.1. The predicted octanol–water partition coefficient (Wildman–Crippen LogP) is 1.51. The molecule has 1 aromatic heterocycles. The lowest BCUT2D eigenvalue weighted by Gasteiger charge is -2.25. The minimum Gasteiger partial charge on any atom is -0.381 e. The number of rotatable bonds is 2. The molecule has 1 aromatic rings. The maximum absolute atomic E-state index is 9.18. The van der Waals surface area contributed by atoms with Gasteiger partial charge >= 0.3 is 0 Å². The van der Waals surface area contributed by atoms with Gasteiger partial charge in [0.05, 0.1) is 17.7 Å². The molecule has 1 saturated heterocycles. The lowest BCUT2D eigenvalue weighted by Crippen LogP contribution is -2.21. The Morgan fingerprint density at radius 2 is 2.27 bits per heavy atom. The Labute approximate surface area is 88.9 Å². The highest BCUT2D eigenvalue weighted by Crippen LogP contribution is 2.29. The maximum atomic E-state index is 9.18. The van der Waals surface area contributed by atoms with Crippen molar-refractivity contribution in [3.63, 3.8) is 0 Å². The van der Waals surface area contributed by atoms with E-state index in [0.717, 1.165) is 31.7 Å². The highest BCUT2D eigenvalue weighted by atomic mass is 16.5. The van der Waals surface area contributed by atoms with Crippen molar-refractivity contribution in [3.8, 4) is 6.07 Å². The highest BCUT2D eigenvalue weighted by molar-refractivity contribution is 5.16. The van der Waals surface area contributed by atoms with Crippen LogP contribution in [0.3, 0.4) is 0 Å². The van der Waals surface area contributed by atoms with Gasteiger partial charge in [0.2, 0.25) is 0 Å². The molecule has 0 aromatic carbocycles. The monoisotopic (exact) mass is 203 g/mol. The molecule has 1 aliphatic rings. The van der Waals surface area contributed by atoms with Crippen molar-refractivity contribution in [2.45, 2.75) is 18.8 Å². The van der Waals surface area contributed by atoms with E-state index < -0.39 is 0 Å². The summed E-state index contributed by atoms with van der Waals surface area (Å²) in [5.74, 6) is 0.260. The molecule has 4 nitrogen and oxygen atoms in total. The van der Waals surface area contributed by atoms with Crippen LogP contribution < -0.4 is 0 Å². The molecule has 0 saturated carbocycles. The first-order valence-electron chi connectivity index (χ1n) is 5.15. The van der Waals surface area contributed by atoms with Gasteiger partial charge in [0.1, 0.15) is 6.33 Å². The summed E-state index contributed by atoms with van der Waals surface area (Å²) in [6.07, 6.45) is 5.08. The van der Waals surface area contributed by atoms with E-state index in [1.54, 1.807) is 6.20 Å². The molecular formula is C11H13N3O. The van der Waals surface area contributed by atoms with Crippen LogP contribution >= 0.6 is 0 Å². The first-order valence-corrected chi connectivity index (χ1v) is 5.15. The number of hydrogen-bond acceptors (Lipinski definition) is 4. The molecule has 0 amide bonds. The standard InChI is InChI=1S/C11H13N3O/c12-7-10(9-2-5-15-6-3-9)11-1-4-13-8-14-11/h1,4,8-10H,2-3,5-6H2. The van der Waals surface area contributed by atoms with Crippen molar-refractivity contribution < 1.29 is 4.74 Å². The normalized spacial score (nSPS) is 19.4. The molecule has 0 radical (unpaired) electrons. The molecule has 1 atom stereocenters. The number of hydrogen-bond donors (Lipinski definition) is 0. The van der Waals surface area contributed by atoms with Gasteiger partial charge < -0.3 is 4.74 Å². The molecular weight excluding hydrogens is 190 g/mol. The van der Waals surface area contributed by atoms with Gasteiger partial charge in [0, 0.05) is 19.4 Å². The van der Waals surface area contributed by atoms with Crippen LogP contribution in [0, 0.1) is 17.2 Å². The van der Waals surface area contributed by atoms with E-state index in [9.17, 15) is 5.26 Å². The molecule has 0 N–H and O–H groups in total. The molecule has 0 spiro atoms. The molecule has 0 bridgehead atoms. The topological polar surface area (TPSA) is 58.8 Å². The third-order valence-corrected chi connectivity index (χ3v) is 2.80. The zero-order valence-electron chi connectivity index (χ0n) is 8.47. The Morgan fingerprint density at radius 3 is 2.87 bits per heavy atom. The molecule has 15 heavy (non-hydrogen) atoms. The molecule has 1 aliphatic heterocycles. The fourth-order valence-corrected chi connectivity index (χ4v) is 1.95. The second-order valence-corrected chi connectivity index (χ2v) is 3.69. The second kappa shape index (κ2) is 4.85. The highest BCUT2D eigenvalue weighted by Gasteiger charge is 2.26. The lowest BCUT2D eigenvalue weighted by molar-refractivity contribution is 0.0626. The Bertz CT molecular complexity index is 341. The zero-order valence-corrected chi connectivity index (χ0v) is 8.47. The van der Waals surface area contributed by atoms with E-state index >= 15 is 0 Å². The van der Waals surface area contributed by atoms with E-state index in [0.29, 0.717) is 5.92 Å². The molecule has 1 fully saturated rings. The Hall–Kier alpha value is -1.47. The second-order valence-electron chi connectivity index (χ2n) is 3.69. The molecule has 4 heteroatoms. The van der Waals surface area contributed by atoms with Gasteiger partial charge in [-0.05, 0) is 24.8 Å². The summed E-state index contributed by atoms with van der Waals surface area (Å²) in [5.41, 5.74) is 0.833. The van der Waals surface area contributed by atoms with Crippen LogP contribution in [0.2, 0.25) is 0 Å². The zero-order chi connectivity index (χ0) is 10.5. The SMILES string of the molecule is N#CC(c1ccncn1)C1CCOCC1. The molecule has 2 heterocycles. The van der Waals surface area contributed by atoms with Crippen molar-refractivity contribution in [1.29, 1.82) is 5.26 Å². The van der Waals surface area contributed by atoms with Crippen LogP contribution in [0.15, 0.2) is 18.6 Å². The van der Waals surface area contributed by atoms with Crippen LogP contribution in [-0.4, -0.2) is 23.2 Å². The summed E-state index contributed by atoms with van der Waals surface area (Å²) in [4.78, 5) is 8.01. The third-order valence-electron chi connectivity index (χ3n) is 2.80. The fourth-order valence-electron chi connectivity index (χ4n) is 1.95. The van der Waals surface area contributed by atoms with E-state index in [2.05, 4.69) is 16.0 Å². The quantitative estimate of drug-likeness (QED) is 0.731. The van der Waals surface area contributed by atoms with Crippen molar-refractivity contribution in [2.75, 3.05) is 13.2 Å². The van der Waals surface area contributed by atoms with Crippen molar-refractivity contribution >= 4 is 0 Å². The van der Waals surface area contributed by atoms with Gasteiger partial charge in [-0.1, -0.05) is 0 Å². The van der Waals surface area contributed by atoms with Crippen molar-refractivity contribution in [1.82, 2.24) is 9.97 Å². The van der Waals surface area contributed by atoms with Gasteiger partial charge in [0.15, 0.2) is 0 Å². The average molecular weight is 203 g/mol. The number of nitriles is 1. The minimum atomic E-state index is -0.114. The summed E-state index contributed by atoms with van der Waals surface area (Å²) in [7, 11) is 0. The summed E-state index contributed by atoms with van der Waals surface area (Å²) >= 11 is 0. The predicted molar refractivity (Wildman–Crippen MR) is 53.9 cm³/mol. The van der Waals surface area contributed by atoms with Gasteiger partial charge in [-0.25, -0.2) is 9.97 Å². The van der Waals surface area contributed by atoms with Gasteiger partial charge in [-0.2, -0.15) is 5.26 Å². The van der Waals surface area contributed by atoms with Gasteiger partial charge in [0.25, 0.3) is 0 Å². The molecule has 0 aliphatic carbocycles.